The fourth-order valence-corrected chi connectivity index (χ4v) is 2.67. The quantitative estimate of drug-likeness (QED) is 0.668. The van der Waals surface area contributed by atoms with E-state index in [2.05, 4.69) is 4.90 Å². The highest BCUT2D eigenvalue weighted by Crippen LogP contribution is 2.28. The Labute approximate surface area is 130 Å². The molecule has 1 aliphatic rings. The van der Waals surface area contributed by atoms with Crippen LogP contribution >= 0.6 is 0 Å². The maximum Gasteiger partial charge on any atom is 0.270 e. The lowest BCUT2D eigenvalue weighted by Gasteiger charge is -2.34. The van der Waals surface area contributed by atoms with Crippen LogP contribution < -0.4 is 4.74 Å². The summed E-state index contributed by atoms with van der Waals surface area (Å²) in [6.45, 7) is 7.91. The van der Waals surface area contributed by atoms with Crippen molar-refractivity contribution in [2.75, 3.05) is 13.1 Å². The van der Waals surface area contributed by atoms with Gasteiger partial charge in [-0.2, -0.15) is 0 Å². The third kappa shape index (κ3) is 4.18. The Morgan fingerprint density at radius 1 is 1.50 bits per heavy atom. The van der Waals surface area contributed by atoms with E-state index in [0.29, 0.717) is 24.8 Å². The van der Waals surface area contributed by atoms with Crippen molar-refractivity contribution >= 4 is 5.69 Å². The zero-order chi connectivity index (χ0) is 16.3. The lowest BCUT2D eigenvalue weighted by atomic mass is 9.95. The molecule has 0 spiro atoms. The standard InChI is InChI=1S/C16H24N2O4/c1-11(2)22-16-5-4-14(18(20)21)8-13(16)9-17-7-6-12(3)15(19)10-17/h4-5,8,11-12,15,19H,6-7,9-10H2,1-3H3. The Morgan fingerprint density at radius 2 is 2.23 bits per heavy atom. The topological polar surface area (TPSA) is 75.8 Å². The molecule has 1 N–H and O–H groups in total. The van der Waals surface area contributed by atoms with E-state index >= 15 is 0 Å². The van der Waals surface area contributed by atoms with Crippen LogP contribution in [0.15, 0.2) is 18.2 Å². The first-order chi connectivity index (χ1) is 10.4. The van der Waals surface area contributed by atoms with Crippen molar-refractivity contribution in [3.05, 3.63) is 33.9 Å². The molecule has 122 valence electrons. The highest BCUT2D eigenvalue weighted by molar-refractivity contribution is 5.44. The number of ether oxygens (including phenoxy) is 1. The molecule has 1 aromatic rings. The van der Waals surface area contributed by atoms with Crippen LogP contribution in [-0.4, -0.2) is 40.2 Å². The molecule has 1 aromatic carbocycles. The summed E-state index contributed by atoms with van der Waals surface area (Å²) in [5.41, 5.74) is 0.863. The van der Waals surface area contributed by atoms with Gasteiger partial charge in [0.1, 0.15) is 5.75 Å². The number of likely N-dealkylation sites (tertiary alicyclic amines) is 1. The molecule has 0 amide bonds. The fourth-order valence-electron chi connectivity index (χ4n) is 2.67. The molecule has 0 saturated carbocycles. The zero-order valence-electron chi connectivity index (χ0n) is 13.4. The summed E-state index contributed by atoms with van der Waals surface area (Å²) in [7, 11) is 0. The first kappa shape index (κ1) is 16.7. The van der Waals surface area contributed by atoms with E-state index in [-0.39, 0.29) is 17.9 Å². The minimum absolute atomic E-state index is 0.00664. The van der Waals surface area contributed by atoms with Crippen molar-refractivity contribution in [2.45, 2.75) is 45.9 Å². The smallest absolute Gasteiger partial charge is 0.270 e. The monoisotopic (exact) mass is 308 g/mol. The number of hydrogen-bond donors (Lipinski definition) is 1. The second-order valence-electron chi connectivity index (χ2n) is 6.28. The molecule has 0 aliphatic carbocycles. The Kier molecular flexibility index (Phi) is 5.37. The Balaban J connectivity index is 2.19. The van der Waals surface area contributed by atoms with Crippen molar-refractivity contribution in [1.29, 1.82) is 0 Å². The van der Waals surface area contributed by atoms with Gasteiger partial charge in [-0.15, -0.1) is 0 Å². The van der Waals surface area contributed by atoms with E-state index < -0.39 is 4.92 Å². The normalized spacial score (nSPS) is 22.8. The van der Waals surface area contributed by atoms with Gasteiger partial charge in [0, 0.05) is 30.8 Å². The molecule has 0 bridgehead atoms. The predicted molar refractivity (Wildman–Crippen MR) is 83.9 cm³/mol. The molecular weight excluding hydrogens is 284 g/mol. The lowest BCUT2D eigenvalue weighted by Crippen LogP contribution is -2.42. The number of nitro groups is 1. The van der Waals surface area contributed by atoms with Gasteiger partial charge < -0.3 is 9.84 Å². The van der Waals surface area contributed by atoms with Crippen LogP contribution in [0.25, 0.3) is 0 Å². The Hall–Kier alpha value is -1.66. The second kappa shape index (κ2) is 7.07. The number of β-amino-alcohol motifs (C(OH)–C–C–N with tert-alkyl or cyclic N) is 1. The first-order valence-electron chi connectivity index (χ1n) is 7.71. The third-order valence-electron chi connectivity index (χ3n) is 4.01. The number of hydrogen-bond acceptors (Lipinski definition) is 5. The van der Waals surface area contributed by atoms with Gasteiger partial charge in [0.2, 0.25) is 0 Å². The van der Waals surface area contributed by atoms with Gasteiger partial charge in [-0.05, 0) is 38.8 Å². The molecule has 1 heterocycles. The maximum absolute atomic E-state index is 11.0. The molecule has 6 heteroatoms. The number of piperidine rings is 1. The van der Waals surface area contributed by atoms with Gasteiger partial charge >= 0.3 is 0 Å². The van der Waals surface area contributed by atoms with Gasteiger partial charge in [-0.1, -0.05) is 6.92 Å². The van der Waals surface area contributed by atoms with Gasteiger partial charge in [0.05, 0.1) is 17.1 Å². The summed E-state index contributed by atoms with van der Waals surface area (Å²) in [5, 5.41) is 21.0. The van der Waals surface area contributed by atoms with E-state index in [0.717, 1.165) is 18.5 Å². The van der Waals surface area contributed by atoms with Gasteiger partial charge in [0.15, 0.2) is 0 Å². The van der Waals surface area contributed by atoms with Crippen LogP contribution in [0.3, 0.4) is 0 Å². The molecule has 6 nitrogen and oxygen atoms in total. The van der Waals surface area contributed by atoms with Crippen LogP contribution in [0.1, 0.15) is 32.8 Å². The molecule has 0 radical (unpaired) electrons. The van der Waals surface area contributed by atoms with Gasteiger partial charge in [-0.25, -0.2) is 0 Å². The molecule has 2 unspecified atom stereocenters. The Morgan fingerprint density at radius 3 is 2.82 bits per heavy atom. The van der Waals surface area contributed by atoms with E-state index in [9.17, 15) is 15.2 Å². The number of aliphatic hydroxyl groups excluding tert-OH is 1. The molecule has 2 atom stereocenters. The average molecular weight is 308 g/mol. The first-order valence-corrected chi connectivity index (χ1v) is 7.71. The summed E-state index contributed by atoms with van der Waals surface area (Å²) < 4.78 is 5.76. The van der Waals surface area contributed by atoms with Crippen molar-refractivity contribution in [1.82, 2.24) is 4.90 Å². The Bertz CT molecular complexity index is 533. The minimum atomic E-state index is -0.393. The number of nitrogens with zero attached hydrogens (tertiary/aromatic N) is 2. The molecule has 0 aromatic heterocycles. The second-order valence-corrected chi connectivity index (χ2v) is 6.28. The van der Waals surface area contributed by atoms with E-state index in [1.165, 1.54) is 6.07 Å². The molecular formula is C16H24N2O4. The molecule has 2 rings (SSSR count). The number of non-ortho nitro benzene ring substituents is 1. The lowest BCUT2D eigenvalue weighted by molar-refractivity contribution is -0.385. The van der Waals surface area contributed by atoms with Gasteiger partial charge in [0.25, 0.3) is 5.69 Å². The van der Waals surface area contributed by atoms with Crippen LogP contribution in [0.4, 0.5) is 5.69 Å². The zero-order valence-corrected chi connectivity index (χ0v) is 13.4. The highest BCUT2D eigenvalue weighted by atomic mass is 16.6. The van der Waals surface area contributed by atoms with Crippen LogP contribution in [0.2, 0.25) is 0 Å². The van der Waals surface area contributed by atoms with Gasteiger partial charge in [-0.3, -0.25) is 15.0 Å². The summed E-state index contributed by atoms with van der Waals surface area (Å²) in [6, 6.07) is 4.70. The van der Waals surface area contributed by atoms with E-state index in [4.69, 9.17) is 4.74 Å². The average Bonchev–Trinajstić information content (AvgIpc) is 2.44. The van der Waals surface area contributed by atoms with Crippen molar-refractivity contribution < 1.29 is 14.8 Å². The predicted octanol–water partition coefficient (Wildman–Crippen LogP) is 2.58. The fraction of sp³-hybridized carbons (Fsp3) is 0.625. The molecule has 1 aliphatic heterocycles. The van der Waals surface area contributed by atoms with Crippen molar-refractivity contribution in [3.8, 4) is 5.75 Å². The molecule has 1 saturated heterocycles. The summed E-state index contributed by atoms with van der Waals surface area (Å²) >= 11 is 0. The maximum atomic E-state index is 11.0. The van der Waals surface area contributed by atoms with Crippen molar-refractivity contribution in [2.24, 2.45) is 5.92 Å². The minimum Gasteiger partial charge on any atom is -0.491 e. The third-order valence-corrected chi connectivity index (χ3v) is 4.01. The van der Waals surface area contributed by atoms with Crippen LogP contribution in [-0.2, 0) is 6.54 Å². The largest absolute Gasteiger partial charge is 0.491 e. The summed E-state index contributed by atoms with van der Waals surface area (Å²) in [4.78, 5) is 12.7. The van der Waals surface area contributed by atoms with Crippen LogP contribution in [0, 0.1) is 16.0 Å². The summed E-state index contributed by atoms with van der Waals surface area (Å²) in [6.07, 6.45) is 0.588. The van der Waals surface area contributed by atoms with Crippen molar-refractivity contribution in [3.63, 3.8) is 0 Å². The van der Waals surface area contributed by atoms with E-state index in [1.807, 2.05) is 20.8 Å². The van der Waals surface area contributed by atoms with E-state index in [1.54, 1.807) is 12.1 Å². The highest BCUT2D eigenvalue weighted by Gasteiger charge is 2.25. The SMILES string of the molecule is CC(C)Oc1ccc([N+](=O)[O-])cc1CN1CCC(C)C(O)C1. The summed E-state index contributed by atoms with van der Waals surface area (Å²) in [5.74, 6) is 0.974. The van der Waals surface area contributed by atoms with Crippen LogP contribution in [0.5, 0.6) is 5.75 Å². The number of nitro benzene ring substituents is 1. The molecule has 22 heavy (non-hydrogen) atoms. The number of rotatable bonds is 5. The molecule has 1 fully saturated rings. The number of aliphatic hydroxyl groups is 1. The number of benzene rings is 1.